The van der Waals surface area contributed by atoms with Gasteiger partial charge in [0, 0.05) is 12.2 Å². The number of aliphatic carboxylic acids is 1. The van der Waals surface area contributed by atoms with Crippen LogP contribution in [0.3, 0.4) is 0 Å². The van der Waals surface area contributed by atoms with Crippen LogP contribution >= 0.6 is 0 Å². The molecule has 0 saturated carbocycles. The summed E-state index contributed by atoms with van der Waals surface area (Å²) in [5.74, 6) is -2.34. The minimum Gasteiger partial charge on any atom is -0.545 e. The first-order chi connectivity index (χ1) is 9.86. The second-order valence-corrected chi connectivity index (χ2v) is 3.76. The minimum absolute atomic E-state index is 0. The van der Waals surface area contributed by atoms with Crippen molar-refractivity contribution >= 4 is 24.0 Å². The van der Waals surface area contributed by atoms with Gasteiger partial charge in [0.25, 0.3) is 0 Å². The summed E-state index contributed by atoms with van der Waals surface area (Å²) in [7, 11) is 0. The van der Waals surface area contributed by atoms with Gasteiger partial charge >= 0.3 is 41.5 Å². The zero-order valence-electron chi connectivity index (χ0n) is 12.6. The quantitative estimate of drug-likeness (QED) is 0.281. The maximum Gasteiger partial charge on any atom is 1.00 e. The number of carboxylic acid groups (broad SMARTS) is 1. The molecule has 0 spiro atoms. The van der Waals surface area contributed by atoms with Crippen LogP contribution in [0.5, 0.6) is 0 Å². The Morgan fingerprint density at radius 3 is 1.73 bits per heavy atom. The van der Waals surface area contributed by atoms with Crippen molar-refractivity contribution in [1.29, 1.82) is 0 Å². The third-order valence-corrected chi connectivity index (χ3v) is 1.94. The first-order valence-electron chi connectivity index (χ1n) is 5.85. The molecule has 0 N–H and O–H groups in total. The second-order valence-electron chi connectivity index (χ2n) is 3.76. The van der Waals surface area contributed by atoms with E-state index in [-0.39, 0.29) is 35.1 Å². The molecule has 1 aliphatic rings. The molecule has 0 fully saturated rings. The van der Waals surface area contributed by atoms with E-state index in [1.165, 1.54) is 12.5 Å². The Balaban J connectivity index is 0. The van der Waals surface area contributed by atoms with Crippen LogP contribution in [0.25, 0.3) is 6.08 Å². The molecule has 5 nitrogen and oxygen atoms in total. The number of cyclic esters (lactones) is 2. The van der Waals surface area contributed by atoms with Gasteiger partial charge < -0.3 is 14.6 Å². The summed E-state index contributed by atoms with van der Waals surface area (Å²) in [5.41, 5.74) is 1.24. The molecule has 0 saturated heterocycles. The van der Waals surface area contributed by atoms with Gasteiger partial charge in [-0.15, -0.1) is 0 Å². The fourth-order valence-corrected chi connectivity index (χ4v) is 0.892. The van der Waals surface area contributed by atoms with Crippen molar-refractivity contribution in [3.8, 4) is 0 Å². The molecule has 6 heteroatoms. The predicted molar refractivity (Wildman–Crippen MR) is 76.6 cm³/mol. The number of rotatable bonds is 2. The van der Waals surface area contributed by atoms with Crippen LogP contribution in [0.1, 0.15) is 12.5 Å². The van der Waals surface area contributed by atoms with E-state index in [1.54, 1.807) is 0 Å². The maximum absolute atomic E-state index is 9.92. The van der Waals surface area contributed by atoms with Crippen molar-refractivity contribution in [1.82, 2.24) is 0 Å². The third kappa shape index (κ3) is 11.8. The fourth-order valence-electron chi connectivity index (χ4n) is 0.892. The molecule has 1 aromatic carbocycles. The van der Waals surface area contributed by atoms with Crippen molar-refractivity contribution in [3.05, 3.63) is 66.8 Å². The Bertz CT molecular complexity index is 533. The van der Waals surface area contributed by atoms with Gasteiger partial charge in [-0.25, -0.2) is 9.59 Å². The van der Waals surface area contributed by atoms with Gasteiger partial charge in [-0.3, -0.25) is 0 Å². The number of carbonyl (C=O) groups excluding carboxylic acids is 3. The Kier molecular flexibility index (Phi) is 13.0. The van der Waals surface area contributed by atoms with Crippen molar-refractivity contribution < 1.29 is 53.8 Å². The fraction of sp³-hybridized carbons (Fsp3) is 0.0625. The molecule has 0 unspecified atom stereocenters. The van der Waals surface area contributed by atoms with Crippen LogP contribution in [0.4, 0.5) is 0 Å². The smallest absolute Gasteiger partial charge is 0.545 e. The van der Waals surface area contributed by atoms with Gasteiger partial charge in [0.1, 0.15) is 0 Å². The van der Waals surface area contributed by atoms with Crippen LogP contribution in [0.2, 0.25) is 0 Å². The molecule has 1 aliphatic heterocycles. The summed E-state index contributed by atoms with van der Waals surface area (Å²) in [6.07, 6.45) is 4.00. The van der Waals surface area contributed by atoms with Crippen LogP contribution in [-0.4, -0.2) is 17.9 Å². The largest absolute Gasteiger partial charge is 1.00 e. The number of carbonyl (C=O) groups is 3. The van der Waals surface area contributed by atoms with Gasteiger partial charge in [0.05, 0.1) is 5.97 Å². The van der Waals surface area contributed by atoms with E-state index in [4.69, 9.17) is 0 Å². The van der Waals surface area contributed by atoms with Crippen LogP contribution in [-0.2, 0) is 19.1 Å². The van der Waals surface area contributed by atoms with Gasteiger partial charge in [0.2, 0.25) is 0 Å². The summed E-state index contributed by atoms with van der Waals surface area (Å²) in [6, 6.07) is 10.0. The minimum atomic E-state index is -1.19. The Morgan fingerprint density at radius 1 is 1.14 bits per heavy atom. The van der Waals surface area contributed by atoms with Crippen molar-refractivity contribution in [3.63, 3.8) is 0 Å². The summed E-state index contributed by atoms with van der Waals surface area (Å²) < 4.78 is 3.97. The molecule has 0 radical (unpaired) electrons. The molecule has 0 aliphatic carbocycles. The zero-order chi connectivity index (χ0) is 16.3. The molecule has 1 aromatic rings. The summed E-state index contributed by atoms with van der Waals surface area (Å²) in [4.78, 5) is 29.3. The van der Waals surface area contributed by atoms with E-state index in [0.29, 0.717) is 0 Å². The number of carboxylic acids is 1. The van der Waals surface area contributed by atoms with Gasteiger partial charge in [-0.1, -0.05) is 49.6 Å². The molecule has 0 bridgehead atoms. The summed E-state index contributed by atoms with van der Waals surface area (Å²) in [5, 5.41) is 9.49. The van der Waals surface area contributed by atoms with Gasteiger partial charge in [0.15, 0.2) is 0 Å². The first-order valence-corrected chi connectivity index (χ1v) is 5.85. The van der Waals surface area contributed by atoms with Crippen molar-refractivity contribution in [2.24, 2.45) is 0 Å². The molecule has 0 atom stereocenters. The molecule has 110 valence electrons. The van der Waals surface area contributed by atoms with E-state index in [0.717, 1.165) is 12.2 Å². The van der Waals surface area contributed by atoms with E-state index < -0.39 is 17.9 Å². The topological polar surface area (TPSA) is 83.5 Å². The Labute approximate surface area is 151 Å². The number of hydrogen-bond donors (Lipinski definition) is 0. The van der Waals surface area contributed by atoms with Crippen molar-refractivity contribution in [2.75, 3.05) is 0 Å². The van der Waals surface area contributed by atoms with Crippen molar-refractivity contribution in [2.45, 2.75) is 6.92 Å². The molecular formula is C16H15NaO5. The number of hydrogen-bond acceptors (Lipinski definition) is 5. The Hall–Kier alpha value is -1.95. The SMILES string of the molecule is C=C(C)C(=O)[O-].C=Cc1ccccc1.O=C1C=CC(=O)O1.[Na+]. The average Bonchev–Trinajstić information content (AvgIpc) is 2.84. The summed E-state index contributed by atoms with van der Waals surface area (Å²) >= 11 is 0. The second kappa shape index (κ2) is 12.8. The van der Waals surface area contributed by atoms with Crippen LogP contribution in [0.15, 0.2) is 61.2 Å². The third-order valence-electron chi connectivity index (χ3n) is 1.94. The number of esters is 2. The van der Waals surface area contributed by atoms with Crippen LogP contribution in [0, 0.1) is 0 Å². The standard InChI is InChI=1S/C8H8.C4H2O3.C4H6O2.Na/c1-2-8-6-4-3-5-7-8;5-3-1-2-4(6)7-3;1-3(2)4(5)6;/h2-7H,1H2;1-2H;1H2,2H3,(H,5,6);/q;;;+1/p-1. The Morgan fingerprint density at radius 2 is 1.55 bits per heavy atom. The van der Waals surface area contributed by atoms with Gasteiger partial charge in [-0.2, -0.15) is 0 Å². The van der Waals surface area contributed by atoms with E-state index >= 15 is 0 Å². The van der Waals surface area contributed by atoms with E-state index in [2.05, 4.69) is 17.9 Å². The maximum atomic E-state index is 9.92. The average molecular weight is 310 g/mol. The van der Waals surface area contributed by atoms with E-state index in [9.17, 15) is 19.5 Å². The summed E-state index contributed by atoms with van der Waals surface area (Å²) in [6.45, 7) is 8.11. The predicted octanol–water partition coefficient (Wildman–Crippen LogP) is -1.73. The molecule has 1 heterocycles. The molecule has 0 aromatic heterocycles. The number of ether oxygens (including phenoxy) is 1. The normalized spacial score (nSPS) is 10.8. The molecule has 2 rings (SSSR count). The molecular weight excluding hydrogens is 295 g/mol. The molecule has 22 heavy (non-hydrogen) atoms. The van der Waals surface area contributed by atoms with Crippen LogP contribution < -0.4 is 34.7 Å². The molecule has 0 amide bonds. The zero-order valence-corrected chi connectivity index (χ0v) is 14.6. The van der Waals surface area contributed by atoms with E-state index in [1.807, 2.05) is 36.4 Å². The van der Waals surface area contributed by atoms with Gasteiger partial charge in [-0.05, 0) is 18.1 Å². The number of benzene rings is 1. The monoisotopic (exact) mass is 310 g/mol. The first kappa shape index (κ1) is 22.3.